The molecule has 0 saturated carbocycles. The summed E-state index contributed by atoms with van der Waals surface area (Å²) in [7, 11) is 0. The molecule has 4 nitrogen and oxygen atoms in total. The van der Waals surface area contributed by atoms with Crippen LogP contribution in [-0.2, 0) is 0 Å². The van der Waals surface area contributed by atoms with Crippen LogP contribution in [0.2, 0.25) is 5.15 Å². The number of aromatic nitrogens is 4. The van der Waals surface area contributed by atoms with Crippen molar-refractivity contribution in [3.8, 4) is 11.4 Å². The predicted molar refractivity (Wildman–Crippen MR) is 61.2 cm³/mol. The van der Waals surface area contributed by atoms with E-state index in [1.165, 1.54) is 0 Å². The Balaban J connectivity index is 2.33. The largest absolute Gasteiger partial charge is 0.262 e. The van der Waals surface area contributed by atoms with Crippen molar-refractivity contribution in [2.75, 3.05) is 0 Å². The van der Waals surface area contributed by atoms with E-state index in [9.17, 15) is 0 Å². The second-order valence-electron chi connectivity index (χ2n) is 3.31. The average molecular weight is 231 g/mol. The molecule has 0 unspecified atom stereocenters. The van der Waals surface area contributed by atoms with E-state index in [0.29, 0.717) is 10.8 Å². The summed E-state index contributed by atoms with van der Waals surface area (Å²) < 4.78 is 1.77. The van der Waals surface area contributed by atoms with Crippen LogP contribution >= 0.6 is 11.6 Å². The molecule has 2 aromatic heterocycles. The Kier molecular flexibility index (Phi) is 2.08. The van der Waals surface area contributed by atoms with Gasteiger partial charge in [0.15, 0.2) is 11.5 Å². The van der Waals surface area contributed by atoms with Crippen molar-refractivity contribution >= 4 is 17.2 Å². The van der Waals surface area contributed by atoms with E-state index in [1.807, 2.05) is 30.3 Å². The van der Waals surface area contributed by atoms with E-state index < -0.39 is 0 Å². The molecule has 1 aromatic carbocycles. The zero-order valence-corrected chi connectivity index (χ0v) is 8.96. The third-order valence-corrected chi connectivity index (χ3v) is 2.57. The van der Waals surface area contributed by atoms with Gasteiger partial charge in [-0.3, -0.25) is 9.38 Å². The summed E-state index contributed by atoms with van der Waals surface area (Å²) in [6.45, 7) is 0. The highest BCUT2D eigenvalue weighted by atomic mass is 35.5. The first kappa shape index (κ1) is 9.30. The zero-order valence-electron chi connectivity index (χ0n) is 8.21. The number of nitrogens with zero attached hydrogens (tertiary/aromatic N) is 4. The molecule has 0 saturated heterocycles. The lowest BCUT2D eigenvalue weighted by atomic mass is 10.2. The van der Waals surface area contributed by atoms with Gasteiger partial charge in [0.2, 0.25) is 0 Å². The number of benzene rings is 1. The third kappa shape index (κ3) is 1.35. The van der Waals surface area contributed by atoms with Gasteiger partial charge in [-0.05, 0) is 0 Å². The van der Waals surface area contributed by atoms with Crippen molar-refractivity contribution < 1.29 is 0 Å². The number of hydrogen-bond acceptors (Lipinski definition) is 3. The Bertz CT molecular complexity index is 633. The average Bonchev–Trinajstić information content (AvgIpc) is 2.75. The molecule has 0 N–H and O–H groups in total. The summed E-state index contributed by atoms with van der Waals surface area (Å²) in [5, 5.41) is 8.64. The number of hydrogen-bond donors (Lipinski definition) is 0. The van der Waals surface area contributed by atoms with Crippen molar-refractivity contribution in [1.29, 1.82) is 0 Å². The summed E-state index contributed by atoms with van der Waals surface area (Å²) in [4.78, 5) is 3.96. The predicted octanol–water partition coefficient (Wildman–Crippen LogP) is 2.44. The maximum Gasteiger partial charge on any atom is 0.180 e. The van der Waals surface area contributed by atoms with Gasteiger partial charge >= 0.3 is 0 Å². The van der Waals surface area contributed by atoms with E-state index in [2.05, 4.69) is 15.2 Å². The van der Waals surface area contributed by atoms with Crippen LogP contribution in [0.15, 0.2) is 42.7 Å². The molecular formula is C11H7ClN4. The maximum atomic E-state index is 6.07. The molecule has 0 bridgehead atoms. The second kappa shape index (κ2) is 3.57. The smallest absolute Gasteiger partial charge is 0.180 e. The van der Waals surface area contributed by atoms with Gasteiger partial charge in [-0.15, -0.1) is 10.2 Å². The van der Waals surface area contributed by atoms with Gasteiger partial charge in [-0.2, -0.15) is 0 Å². The molecule has 2 heterocycles. The van der Waals surface area contributed by atoms with E-state index in [0.717, 1.165) is 11.4 Å². The molecule has 0 atom stereocenters. The van der Waals surface area contributed by atoms with Gasteiger partial charge in [0, 0.05) is 5.56 Å². The first-order valence-corrected chi connectivity index (χ1v) is 5.14. The molecular weight excluding hydrogens is 224 g/mol. The Morgan fingerprint density at radius 3 is 2.62 bits per heavy atom. The van der Waals surface area contributed by atoms with Crippen LogP contribution in [0.4, 0.5) is 0 Å². The first-order valence-electron chi connectivity index (χ1n) is 4.76. The maximum absolute atomic E-state index is 6.07. The van der Waals surface area contributed by atoms with Gasteiger partial charge in [0.25, 0.3) is 0 Å². The summed E-state index contributed by atoms with van der Waals surface area (Å²) in [5.41, 5.74) is 1.62. The molecule has 0 spiro atoms. The van der Waals surface area contributed by atoms with Crippen molar-refractivity contribution in [2.45, 2.75) is 0 Å². The molecule has 3 aromatic rings. The van der Waals surface area contributed by atoms with Crippen LogP contribution < -0.4 is 0 Å². The van der Waals surface area contributed by atoms with Crippen LogP contribution in [0.1, 0.15) is 0 Å². The highest BCUT2D eigenvalue weighted by Crippen LogP contribution is 2.20. The van der Waals surface area contributed by atoms with Crippen molar-refractivity contribution in [3.63, 3.8) is 0 Å². The molecule has 5 heteroatoms. The van der Waals surface area contributed by atoms with Crippen molar-refractivity contribution in [3.05, 3.63) is 47.9 Å². The minimum Gasteiger partial charge on any atom is -0.262 e. The van der Waals surface area contributed by atoms with Gasteiger partial charge in [-0.1, -0.05) is 41.9 Å². The minimum atomic E-state index is 0.501. The fourth-order valence-electron chi connectivity index (χ4n) is 1.59. The lowest BCUT2D eigenvalue weighted by Crippen LogP contribution is -1.91. The summed E-state index contributed by atoms with van der Waals surface area (Å²) in [5.74, 6) is 0.725. The molecule has 0 aliphatic carbocycles. The van der Waals surface area contributed by atoms with E-state index in [4.69, 9.17) is 11.6 Å². The normalized spacial score (nSPS) is 10.8. The fourth-order valence-corrected chi connectivity index (χ4v) is 1.81. The Labute approximate surface area is 96.5 Å². The van der Waals surface area contributed by atoms with Crippen LogP contribution in [0.25, 0.3) is 17.0 Å². The van der Waals surface area contributed by atoms with Crippen molar-refractivity contribution in [2.24, 2.45) is 0 Å². The van der Waals surface area contributed by atoms with E-state index in [-0.39, 0.29) is 0 Å². The lowest BCUT2D eigenvalue weighted by Gasteiger charge is -2.00. The summed E-state index contributed by atoms with van der Waals surface area (Å²) in [6, 6.07) is 9.79. The van der Waals surface area contributed by atoms with Gasteiger partial charge < -0.3 is 0 Å². The Morgan fingerprint density at radius 2 is 1.81 bits per heavy atom. The highest BCUT2D eigenvalue weighted by Gasteiger charge is 2.09. The van der Waals surface area contributed by atoms with Gasteiger partial charge in [0.05, 0.1) is 12.4 Å². The fraction of sp³-hybridized carbons (Fsp3) is 0. The molecule has 0 radical (unpaired) electrons. The standard InChI is InChI=1S/C11H7ClN4/c12-9-6-13-7-10-14-15-11(16(9)10)8-4-2-1-3-5-8/h1-7H. The van der Waals surface area contributed by atoms with Crippen LogP contribution in [0.3, 0.4) is 0 Å². The van der Waals surface area contributed by atoms with E-state index >= 15 is 0 Å². The van der Waals surface area contributed by atoms with Crippen LogP contribution in [0, 0.1) is 0 Å². The topological polar surface area (TPSA) is 43.1 Å². The van der Waals surface area contributed by atoms with Gasteiger partial charge in [0.1, 0.15) is 5.15 Å². The Hall–Kier alpha value is -1.94. The molecule has 0 amide bonds. The number of halogens is 1. The molecule has 78 valence electrons. The molecule has 3 rings (SSSR count). The number of fused-ring (bicyclic) bond motifs is 1. The van der Waals surface area contributed by atoms with Crippen LogP contribution in [-0.4, -0.2) is 19.6 Å². The number of rotatable bonds is 1. The Morgan fingerprint density at radius 1 is 1.00 bits per heavy atom. The zero-order chi connectivity index (χ0) is 11.0. The van der Waals surface area contributed by atoms with E-state index in [1.54, 1.807) is 16.8 Å². The van der Waals surface area contributed by atoms with Gasteiger partial charge in [-0.25, -0.2) is 0 Å². The minimum absolute atomic E-state index is 0.501. The molecule has 0 aliphatic rings. The van der Waals surface area contributed by atoms with Crippen molar-refractivity contribution in [1.82, 2.24) is 19.6 Å². The third-order valence-electron chi connectivity index (χ3n) is 2.30. The quantitative estimate of drug-likeness (QED) is 0.645. The first-order chi connectivity index (χ1) is 7.86. The lowest BCUT2D eigenvalue weighted by molar-refractivity contribution is 1.11. The van der Waals surface area contributed by atoms with Crippen LogP contribution in [0.5, 0.6) is 0 Å². The molecule has 16 heavy (non-hydrogen) atoms. The molecule has 0 fully saturated rings. The summed E-state index contributed by atoms with van der Waals surface area (Å²) >= 11 is 6.07. The SMILES string of the molecule is Clc1cncc2nnc(-c3ccccc3)n12. The molecule has 0 aliphatic heterocycles. The summed E-state index contributed by atoms with van der Waals surface area (Å²) in [6.07, 6.45) is 3.20. The second-order valence-corrected chi connectivity index (χ2v) is 3.70. The highest BCUT2D eigenvalue weighted by molar-refractivity contribution is 6.29. The monoisotopic (exact) mass is 230 g/mol.